The Morgan fingerprint density at radius 2 is 2.11 bits per heavy atom. The molecule has 2 N–H and O–H groups in total. The quantitative estimate of drug-likeness (QED) is 0.648. The van der Waals surface area contributed by atoms with E-state index in [4.69, 9.17) is 4.74 Å². The Hall–Kier alpha value is -2.41. The van der Waals surface area contributed by atoms with E-state index in [0.29, 0.717) is 5.01 Å². The van der Waals surface area contributed by atoms with E-state index in [0.717, 1.165) is 15.6 Å². The Kier molecular flexibility index (Phi) is 6.34. The van der Waals surface area contributed by atoms with Gasteiger partial charge in [0.25, 0.3) is 0 Å². The molecule has 0 radical (unpaired) electrons. The lowest BCUT2D eigenvalue weighted by atomic mass is 10.1. The molecule has 0 spiro atoms. The Balaban J connectivity index is 1.75. The maximum absolute atomic E-state index is 12.9. The number of anilines is 1. The molecule has 0 bridgehead atoms. The molecule has 150 valence electrons. The smallest absolute Gasteiger partial charge is 0.243 e. The molecule has 1 saturated heterocycles. The molecule has 28 heavy (non-hydrogen) atoms. The highest BCUT2D eigenvalue weighted by atomic mass is 32.2. The first-order valence-corrected chi connectivity index (χ1v) is 10.6. The third-order valence-electron chi connectivity index (χ3n) is 3.99. The average Bonchev–Trinajstić information content (AvgIpc) is 3.11. The van der Waals surface area contributed by atoms with Crippen LogP contribution in [0.2, 0.25) is 0 Å². The summed E-state index contributed by atoms with van der Waals surface area (Å²) in [5.41, 5.74) is 0. The van der Waals surface area contributed by atoms with Crippen LogP contribution in [-0.4, -0.2) is 61.0 Å². The molecule has 0 unspecified atom stereocenters. The minimum Gasteiger partial charge on any atom is -0.377 e. The fourth-order valence-electron chi connectivity index (χ4n) is 2.74. The van der Waals surface area contributed by atoms with E-state index in [2.05, 4.69) is 20.8 Å². The van der Waals surface area contributed by atoms with Crippen LogP contribution >= 0.6 is 11.3 Å². The second-order valence-corrected chi connectivity index (χ2v) is 8.87. The Morgan fingerprint density at radius 3 is 2.82 bits per heavy atom. The van der Waals surface area contributed by atoms with Crippen molar-refractivity contribution in [3.05, 3.63) is 35.3 Å². The lowest BCUT2D eigenvalue weighted by Gasteiger charge is -2.33. The molecule has 1 aliphatic rings. The van der Waals surface area contributed by atoms with Crippen LogP contribution in [0.15, 0.2) is 35.2 Å². The van der Waals surface area contributed by atoms with Gasteiger partial charge in [-0.15, -0.1) is 10.2 Å². The number of hydrogen-bond donors (Lipinski definition) is 2. The van der Waals surface area contributed by atoms with E-state index in [1.165, 1.54) is 19.2 Å². The van der Waals surface area contributed by atoms with Crippen LogP contribution in [0.3, 0.4) is 0 Å². The van der Waals surface area contributed by atoms with Crippen LogP contribution in [0, 0.1) is 0 Å². The molecule has 0 saturated carbocycles. The van der Waals surface area contributed by atoms with Gasteiger partial charge >= 0.3 is 0 Å². The number of piperazine rings is 1. The van der Waals surface area contributed by atoms with Gasteiger partial charge in [0.15, 0.2) is 0 Å². The maximum atomic E-state index is 12.9. The summed E-state index contributed by atoms with van der Waals surface area (Å²) in [6.45, 7) is 0.527. The second kappa shape index (κ2) is 8.73. The third kappa shape index (κ3) is 4.52. The average molecular weight is 425 g/mol. The number of nitrogens with zero attached hydrogens (tertiary/aromatic N) is 3. The maximum Gasteiger partial charge on any atom is 0.243 e. The predicted molar refractivity (Wildman–Crippen MR) is 101 cm³/mol. The fraction of sp³-hybridized carbons (Fsp3) is 0.375. The minimum atomic E-state index is -3.92. The largest absolute Gasteiger partial charge is 0.377 e. The van der Waals surface area contributed by atoms with Crippen molar-refractivity contribution in [3.63, 3.8) is 0 Å². The van der Waals surface area contributed by atoms with Crippen LogP contribution in [-0.2, 0) is 31.0 Å². The summed E-state index contributed by atoms with van der Waals surface area (Å²) < 4.78 is 31.9. The molecule has 1 aromatic heterocycles. The van der Waals surface area contributed by atoms with Crippen molar-refractivity contribution in [1.82, 2.24) is 19.8 Å². The number of methoxy groups -OCH3 is 1. The zero-order valence-corrected chi connectivity index (χ0v) is 16.6. The number of benzene rings is 1. The normalized spacial score (nSPS) is 17.9. The van der Waals surface area contributed by atoms with Crippen molar-refractivity contribution in [2.75, 3.05) is 25.5 Å². The Labute approximate surface area is 166 Å². The first kappa shape index (κ1) is 20.3. The van der Waals surface area contributed by atoms with Gasteiger partial charge in [-0.3, -0.25) is 9.59 Å². The molecule has 2 heterocycles. The van der Waals surface area contributed by atoms with E-state index in [9.17, 15) is 18.0 Å². The molecule has 1 fully saturated rings. The summed E-state index contributed by atoms with van der Waals surface area (Å²) in [5.74, 6) is -1.05. The standard InChI is InChI=1S/C16H19N5O5S2/c1-26-10-14-19-20-16(27-14)18-13(22)9-12-15(23)17-7-8-21(12)28(24,25)11-5-3-2-4-6-11/h2-6,12H,7-10H2,1H3,(H,17,23)(H,18,20,22)/t12-/m1/s1. The Bertz CT molecular complexity index is 947. The first-order chi connectivity index (χ1) is 13.4. The number of carbonyl (C=O) groups is 2. The van der Waals surface area contributed by atoms with Crippen LogP contribution in [0.1, 0.15) is 11.4 Å². The summed E-state index contributed by atoms with van der Waals surface area (Å²) in [4.78, 5) is 24.8. The van der Waals surface area contributed by atoms with Crippen LogP contribution < -0.4 is 10.6 Å². The van der Waals surface area contributed by atoms with Crippen LogP contribution in [0.25, 0.3) is 0 Å². The highest BCUT2D eigenvalue weighted by molar-refractivity contribution is 7.89. The molecule has 3 rings (SSSR count). The van der Waals surface area contributed by atoms with Gasteiger partial charge in [-0.1, -0.05) is 29.5 Å². The molecule has 1 atom stereocenters. The number of hydrogen-bond acceptors (Lipinski definition) is 8. The highest BCUT2D eigenvalue weighted by Crippen LogP contribution is 2.22. The van der Waals surface area contributed by atoms with Gasteiger partial charge in [-0.2, -0.15) is 4.31 Å². The van der Waals surface area contributed by atoms with Crippen molar-refractivity contribution in [3.8, 4) is 0 Å². The molecule has 2 amide bonds. The third-order valence-corrected chi connectivity index (χ3v) is 6.73. The monoisotopic (exact) mass is 425 g/mol. The van der Waals surface area contributed by atoms with Crippen LogP contribution in [0.5, 0.6) is 0 Å². The Morgan fingerprint density at radius 1 is 1.36 bits per heavy atom. The summed E-state index contributed by atoms with van der Waals surface area (Å²) in [5, 5.41) is 13.7. The first-order valence-electron chi connectivity index (χ1n) is 8.37. The van der Waals surface area contributed by atoms with Gasteiger partial charge in [0, 0.05) is 20.2 Å². The summed E-state index contributed by atoms with van der Waals surface area (Å²) in [6, 6.07) is 6.67. The van der Waals surface area contributed by atoms with Gasteiger partial charge in [-0.05, 0) is 12.1 Å². The number of nitrogens with one attached hydrogen (secondary N) is 2. The fourth-order valence-corrected chi connectivity index (χ4v) is 5.07. The topological polar surface area (TPSA) is 131 Å². The highest BCUT2D eigenvalue weighted by Gasteiger charge is 2.39. The molecular formula is C16H19N5O5S2. The number of rotatable bonds is 7. The number of sulfonamides is 1. The number of ether oxygens (including phenoxy) is 1. The number of aromatic nitrogens is 2. The van der Waals surface area contributed by atoms with E-state index >= 15 is 0 Å². The number of amides is 2. The number of carbonyl (C=O) groups excluding carboxylic acids is 2. The van der Waals surface area contributed by atoms with Crippen molar-refractivity contribution in [2.24, 2.45) is 0 Å². The summed E-state index contributed by atoms with van der Waals surface area (Å²) in [7, 11) is -2.40. The van der Waals surface area contributed by atoms with Gasteiger partial charge < -0.3 is 15.4 Å². The zero-order valence-electron chi connectivity index (χ0n) is 15.0. The second-order valence-electron chi connectivity index (χ2n) is 5.92. The van der Waals surface area contributed by atoms with Crippen molar-refractivity contribution < 1.29 is 22.7 Å². The van der Waals surface area contributed by atoms with Gasteiger partial charge in [-0.25, -0.2) is 8.42 Å². The molecule has 12 heteroatoms. The van der Waals surface area contributed by atoms with E-state index in [1.54, 1.807) is 18.2 Å². The summed E-state index contributed by atoms with van der Waals surface area (Å²) in [6.07, 6.45) is -0.336. The van der Waals surface area contributed by atoms with E-state index < -0.39 is 27.9 Å². The van der Waals surface area contributed by atoms with E-state index in [1.807, 2.05) is 0 Å². The molecule has 1 aliphatic heterocycles. The lowest BCUT2D eigenvalue weighted by Crippen LogP contribution is -2.57. The molecule has 0 aliphatic carbocycles. The lowest BCUT2D eigenvalue weighted by molar-refractivity contribution is -0.130. The molecule has 1 aromatic carbocycles. The van der Waals surface area contributed by atoms with Crippen molar-refractivity contribution in [2.45, 2.75) is 24.0 Å². The van der Waals surface area contributed by atoms with Gasteiger partial charge in [0.05, 0.1) is 11.3 Å². The summed E-state index contributed by atoms with van der Waals surface area (Å²) >= 11 is 1.14. The zero-order chi connectivity index (χ0) is 20.1. The van der Waals surface area contributed by atoms with Crippen molar-refractivity contribution >= 4 is 38.3 Å². The van der Waals surface area contributed by atoms with Crippen molar-refractivity contribution in [1.29, 1.82) is 0 Å². The van der Waals surface area contributed by atoms with Gasteiger partial charge in [0.2, 0.25) is 27.0 Å². The van der Waals surface area contributed by atoms with Gasteiger partial charge in [0.1, 0.15) is 17.7 Å². The predicted octanol–water partition coefficient (Wildman–Crippen LogP) is 0.202. The van der Waals surface area contributed by atoms with Crippen LogP contribution in [0.4, 0.5) is 5.13 Å². The molecular weight excluding hydrogens is 406 g/mol. The van der Waals surface area contributed by atoms with E-state index in [-0.39, 0.29) is 36.1 Å². The minimum absolute atomic E-state index is 0.0726. The SMILES string of the molecule is COCc1nnc(NC(=O)C[C@@H]2C(=O)NCCN2S(=O)(=O)c2ccccc2)s1. The molecule has 2 aromatic rings. The molecule has 10 nitrogen and oxygen atoms in total.